The van der Waals surface area contributed by atoms with Crippen LogP contribution in [0, 0.1) is 12.8 Å². The summed E-state index contributed by atoms with van der Waals surface area (Å²) in [5.74, 6) is -0.00185. The van der Waals surface area contributed by atoms with E-state index in [1.165, 1.54) is 16.0 Å². The number of likely N-dealkylation sites (tertiary alicyclic amines) is 1. The summed E-state index contributed by atoms with van der Waals surface area (Å²) < 4.78 is 0. The van der Waals surface area contributed by atoms with Gasteiger partial charge in [-0.1, -0.05) is 62.4 Å². The van der Waals surface area contributed by atoms with Crippen LogP contribution in [-0.4, -0.2) is 62.2 Å². The smallest absolute Gasteiger partial charge is 0.240 e. The van der Waals surface area contributed by atoms with Crippen molar-refractivity contribution < 1.29 is 15.0 Å². The zero-order chi connectivity index (χ0) is 26.1. The van der Waals surface area contributed by atoms with Gasteiger partial charge in [0, 0.05) is 32.2 Å². The number of β-amino-alcohol motifs (C(OH)–C–C–N with tert-alkyl or cyclic N) is 1. The largest absolute Gasteiger partial charge is 0.391 e. The Kier molecular flexibility index (Phi) is 7.74. The van der Waals surface area contributed by atoms with Crippen LogP contribution in [0.1, 0.15) is 48.9 Å². The monoisotopic (exact) mass is 520 g/mol. The van der Waals surface area contributed by atoms with Crippen molar-refractivity contribution in [3.8, 4) is 10.4 Å². The molecular weight excluding hydrogens is 484 g/mol. The number of carbonyl (C=O) groups excluding carboxylic acids is 1. The molecule has 0 radical (unpaired) electrons. The molecule has 1 unspecified atom stereocenters. The normalized spacial score (nSPS) is 22.5. The SMILES string of the molecule is Cc1ncsc1-c1ccc(CNC[C@@H]2C[C@@H](O)CN2C(=O)[C@H](C(C)C)N2Cc3ccccc3C2O)cc1. The molecular formula is C29H36N4O3S. The van der Waals surface area contributed by atoms with Crippen molar-refractivity contribution in [3.63, 3.8) is 0 Å². The van der Waals surface area contributed by atoms with Crippen molar-refractivity contribution in [2.75, 3.05) is 13.1 Å². The average Bonchev–Trinajstić information content (AvgIpc) is 3.57. The fraction of sp³-hybridized carbons (Fsp3) is 0.448. The maximum absolute atomic E-state index is 13.9. The minimum Gasteiger partial charge on any atom is -0.391 e. The second kappa shape index (κ2) is 11.0. The van der Waals surface area contributed by atoms with Crippen LogP contribution in [0.15, 0.2) is 54.0 Å². The van der Waals surface area contributed by atoms with Gasteiger partial charge in [0.25, 0.3) is 0 Å². The van der Waals surface area contributed by atoms with Crippen molar-refractivity contribution in [1.82, 2.24) is 20.1 Å². The molecule has 3 aromatic rings. The Morgan fingerprint density at radius 3 is 2.59 bits per heavy atom. The highest BCUT2D eigenvalue weighted by Gasteiger charge is 2.44. The van der Waals surface area contributed by atoms with Gasteiger partial charge in [0.1, 0.15) is 6.23 Å². The molecule has 2 aliphatic heterocycles. The van der Waals surface area contributed by atoms with E-state index in [1.54, 1.807) is 11.3 Å². The summed E-state index contributed by atoms with van der Waals surface area (Å²) in [5.41, 5.74) is 7.19. The van der Waals surface area contributed by atoms with Crippen molar-refractivity contribution >= 4 is 17.2 Å². The van der Waals surface area contributed by atoms with Crippen LogP contribution in [0.4, 0.5) is 0 Å². The van der Waals surface area contributed by atoms with E-state index in [1.807, 2.05) is 60.3 Å². The van der Waals surface area contributed by atoms with Gasteiger partial charge in [0.05, 0.1) is 28.2 Å². The number of aryl methyl sites for hydroxylation is 1. The van der Waals surface area contributed by atoms with Gasteiger partial charge in [-0.3, -0.25) is 9.69 Å². The van der Waals surface area contributed by atoms with Crippen LogP contribution in [0.25, 0.3) is 10.4 Å². The topological polar surface area (TPSA) is 88.9 Å². The first-order chi connectivity index (χ1) is 17.8. The fourth-order valence-corrected chi connectivity index (χ4v) is 6.53. The number of thiazole rings is 1. The van der Waals surface area contributed by atoms with E-state index in [9.17, 15) is 15.0 Å². The molecule has 37 heavy (non-hydrogen) atoms. The number of nitrogens with one attached hydrogen (secondary N) is 1. The Labute approximate surface area is 222 Å². The molecule has 1 fully saturated rings. The summed E-state index contributed by atoms with van der Waals surface area (Å²) in [6.07, 6.45) is -0.782. The number of carbonyl (C=O) groups is 1. The van der Waals surface area contributed by atoms with Crippen molar-refractivity contribution in [2.45, 2.75) is 64.7 Å². The first kappa shape index (κ1) is 26.0. The highest BCUT2D eigenvalue weighted by Crippen LogP contribution is 2.36. The molecule has 2 aromatic carbocycles. The van der Waals surface area contributed by atoms with E-state index in [4.69, 9.17) is 0 Å². The van der Waals surface area contributed by atoms with E-state index < -0.39 is 18.4 Å². The summed E-state index contributed by atoms with van der Waals surface area (Å²) in [4.78, 5) is 23.1. The second-order valence-electron chi connectivity index (χ2n) is 10.6. The Morgan fingerprint density at radius 1 is 1.16 bits per heavy atom. The number of benzene rings is 2. The lowest BCUT2D eigenvalue weighted by molar-refractivity contribution is -0.145. The van der Waals surface area contributed by atoms with Crippen molar-refractivity contribution in [1.29, 1.82) is 0 Å². The predicted molar refractivity (Wildman–Crippen MR) is 146 cm³/mol. The number of hydrogen-bond donors (Lipinski definition) is 3. The van der Waals surface area contributed by atoms with Gasteiger partial charge in [-0.05, 0) is 41.5 Å². The Hall–Kier alpha value is -2.62. The molecule has 0 aliphatic carbocycles. The third-order valence-electron chi connectivity index (χ3n) is 7.59. The molecule has 196 valence electrons. The predicted octanol–water partition coefficient (Wildman–Crippen LogP) is 3.70. The van der Waals surface area contributed by atoms with E-state index in [0.717, 1.165) is 16.8 Å². The fourth-order valence-electron chi connectivity index (χ4n) is 5.71. The molecule has 5 rings (SSSR count). The van der Waals surface area contributed by atoms with Gasteiger partial charge >= 0.3 is 0 Å². The number of aromatic nitrogens is 1. The molecule has 7 nitrogen and oxygen atoms in total. The molecule has 4 atom stereocenters. The lowest BCUT2D eigenvalue weighted by atomic mass is 10.00. The van der Waals surface area contributed by atoms with Crippen LogP contribution in [0.2, 0.25) is 0 Å². The number of fused-ring (bicyclic) bond motifs is 1. The Morgan fingerprint density at radius 2 is 1.92 bits per heavy atom. The second-order valence-corrected chi connectivity index (χ2v) is 11.4. The molecule has 3 N–H and O–H groups in total. The van der Waals surface area contributed by atoms with Gasteiger partial charge in [-0.2, -0.15) is 0 Å². The average molecular weight is 521 g/mol. The Balaban J connectivity index is 1.23. The summed E-state index contributed by atoms with van der Waals surface area (Å²) in [5, 5.41) is 25.0. The van der Waals surface area contributed by atoms with E-state index in [2.05, 4.69) is 34.6 Å². The van der Waals surface area contributed by atoms with E-state index in [-0.39, 0.29) is 17.9 Å². The van der Waals surface area contributed by atoms with Crippen LogP contribution in [-0.2, 0) is 17.9 Å². The van der Waals surface area contributed by atoms with Crippen LogP contribution in [0.3, 0.4) is 0 Å². The van der Waals surface area contributed by atoms with Gasteiger partial charge in [0.2, 0.25) is 5.91 Å². The van der Waals surface area contributed by atoms with Gasteiger partial charge in [0.15, 0.2) is 0 Å². The molecule has 2 aliphatic rings. The highest BCUT2D eigenvalue weighted by molar-refractivity contribution is 7.13. The van der Waals surface area contributed by atoms with Crippen molar-refractivity contribution in [3.05, 3.63) is 76.4 Å². The number of rotatable bonds is 8. The molecule has 1 saturated heterocycles. The standard InChI is InChI=1S/C29H36N4O3S/c1-18(2)26(33-15-22-6-4-5-7-25(22)28(33)35)29(36)32-16-24(34)12-23(32)14-30-13-20-8-10-21(11-9-20)27-19(3)31-17-37-27/h4-11,17-18,23-24,26,28,30,34-35H,12-16H2,1-3H3/t23-,24+,26-,28?/m0/s1. The van der Waals surface area contributed by atoms with Gasteiger partial charge < -0.3 is 20.4 Å². The third-order valence-corrected chi connectivity index (χ3v) is 8.57. The summed E-state index contributed by atoms with van der Waals surface area (Å²) in [6, 6.07) is 15.8. The first-order valence-electron chi connectivity index (χ1n) is 13.0. The number of aliphatic hydroxyl groups excluding tert-OH is 2. The first-order valence-corrected chi connectivity index (χ1v) is 13.9. The van der Waals surface area contributed by atoms with Crippen LogP contribution >= 0.6 is 11.3 Å². The number of aliphatic hydroxyl groups is 2. The molecule has 1 aromatic heterocycles. The van der Waals surface area contributed by atoms with Crippen molar-refractivity contribution in [2.24, 2.45) is 5.92 Å². The maximum Gasteiger partial charge on any atom is 0.240 e. The van der Waals surface area contributed by atoms with E-state index in [0.29, 0.717) is 32.6 Å². The Bertz CT molecular complexity index is 1230. The summed E-state index contributed by atoms with van der Waals surface area (Å²) in [7, 11) is 0. The van der Waals surface area contributed by atoms with Gasteiger partial charge in [-0.25, -0.2) is 4.98 Å². The molecule has 1 amide bonds. The zero-order valence-electron chi connectivity index (χ0n) is 21.7. The molecule has 0 bridgehead atoms. The number of hydrogen-bond acceptors (Lipinski definition) is 7. The zero-order valence-corrected chi connectivity index (χ0v) is 22.5. The lowest BCUT2D eigenvalue weighted by Crippen LogP contribution is -2.53. The molecule has 8 heteroatoms. The van der Waals surface area contributed by atoms with Crippen LogP contribution in [0.5, 0.6) is 0 Å². The minimum atomic E-state index is -0.798. The minimum absolute atomic E-state index is 0.0171. The highest BCUT2D eigenvalue weighted by atomic mass is 32.1. The molecule has 3 heterocycles. The van der Waals surface area contributed by atoms with Crippen LogP contribution < -0.4 is 5.32 Å². The number of nitrogens with zero attached hydrogens (tertiary/aromatic N) is 3. The van der Waals surface area contributed by atoms with E-state index >= 15 is 0 Å². The molecule has 0 saturated carbocycles. The lowest BCUT2D eigenvalue weighted by Gasteiger charge is -2.37. The summed E-state index contributed by atoms with van der Waals surface area (Å²) in [6.45, 7) is 8.23. The maximum atomic E-state index is 13.9. The molecule has 0 spiro atoms. The third kappa shape index (κ3) is 5.35. The quantitative estimate of drug-likeness (QED) is 0.420. The van der Waals surface area contributed by atoms with Gasteiger partial charge in [-0.15, -0.1) is 11.3 Å². The number of amides is 1. The summed E-state index contributed by atoms with van der Waals surface area (Å²) >= 11 is 1.65.